The molecule has 0 amide bonds. The molecule has 0 saturated carbocycles. The molecule has 0 unspecified atom stereocenters. The highest BCUT2D eigenvalue weighted by molar-refractivity contribution is 7.46. The lowest BCUT2D eigenvalue weighted by Crippen LogP contribution is -2.29. The maximum absolute atomic E-state index is 12.3. The smallest absolute Gasteiger partial charge is 0.462 e. The van der Waals surface area contributed by atoms with Crippen LogP contribution in [0.3, 0.4) is 0 Å². The van der Waals surface area contributed by atoms with Crippen LogP contribution in [0, 0.1) is 0 Å². The summed E-state index contributed by atoms with van der Waals surface area (Å²) in [6.45, 7) is 3.58. The van der Waals surface area contributed by atoms with E-state index < -0.39 is 32.5 Å². The minimum Gasteiger partial charge on any atom is -0.462 e. The predicted molar refractivity (Wildman–Crippen MR) is 170 cm³/mol. The number of esters is 2. The van der Waals surface area contributed by atoms with Gasteiger partial charge in [-0.05, 0) is 57.8 Å². The molecule has 0 aromatic carbocycles. The second-order valence-corrected chi connectivity index (χ2v) is 12.4. The van der Waals surface area contributed by atoms with Crippen molar-refractivity contribution < 1.29 is 37.9 Å². The van der Waals surface area contributed by atoms with E-state index >= 15 is 0 Å². The maximum Gasteiger partial charge on any atom is 0.469 e. The van der Waals surface area contributed by atoms with Crippen molar-refractivity contribution >= 4 is 19.8 Å². The molecule has 0 heterocycles. The standard InChI is InChI=1S/C33H61O8P/c1-3-5-7-9-11-13-15-16-18-19-21-23-25-27-32(34)39-29-31(30-40-42(36,37)38)41-33(35)28-26-24-22-20-17-14-12-10-8-6-4-2/h10,12-13,15,31H,3-9,11,14,16-30H2,1-2H3,(H2,36,37,38)/b12-10+,15-13+/t31-/m1/s1. The molecule has 8 nitrogen and oxygen atoms in total. The van der Waals surface area contributed by atoms with Gasteiger partial charge in [-0.25, -0.2) is 4.57 Å². The summed E-state index contributed by atoms with van der Waals surface area (Å²) in [5.41, 5.74) is 0. The van der Waals surface area contributed by atoms with E-state index in [-0.39, 0.29) is 19.4 Å². The third kappa shape index (κ3) is 31.5. The van der Waals surface area contributed by atoms with Crippen LogP contribution in [0.15, 0.2) is 24.3 Å². The highest BCUT2D eigenvalue weighted by Crippen LogP contribution is 2.35. The van der Waals surface area contributed by atoms with E-state index in [0.717, 1.165) is 70.6 Å². The third-order valence-electron chi connectivity index (χ3n) is 6.94. The number of rotatable bonds is 30. The van der Waals surface area contributed by atoms with Gasteiger partial charge >= 0.3 is 19.8 Å². The van der Waals surface area contributed by atoms with E-state index in [4.69, 9.17) is 19.3 Å². The van der Waals surface area contributed by atoms with Crippen LogP contribution in [0.1, 0.15) is 155 Å². The van der Waals surface area contributed by atoms with Crippen LogP contribution in [-0.4, -0.2) is 41.0 Å². The van der Waals surface area contributed by atoms with Crippen LogP contribution in [0.5, 0.6) is 0 Å². The number of unbranched alkanes of at least 4 members (excludes halogenated alkanes) is 16. The van der Waals surface area contributed by atoms with Gasteiger partial charge in [-0.15, -0.1) is 0 Å². The molecular weight excluding hydrogens is 555 g/mol. The van der Waals surface area contributed by atoms with Crippen molar-refractivity contribution in [3.63, 3.8) is 0 Å². The first-order chi connectivity index (χ1) is 20.3. The first-order valence-electron chi connectivity index (χ1n) is 16.6. The van der Waals surface area contributed by atoms with Gasteiger partial charge in [0.2, 0.25) is 0 Å². The average Bonchev–Trinajstić information content (AvgIpc) is 2.95. The van der Waals surface area contributed by atoms with E-state index in [1.54, 1.807) is 0 Å². The Morgan fingerprint density at radius 3 is 1.52 bits per heavy atom. The normalized spacial score (nSPS) is 12.8. The van der Waals surface area contributed by atoms with Gasteiger partial charge in [-0.3, -0.25) is 14.1 Å². The molecule has 0 spiro atoms. The summed E-state index contributed by atoms with van der Waals surface area (Å²) in [6.07, 6.45) is 30.4. The van der Waals surface area contributed by atoms with Crippen molar-refractivity contribution in [2.45, 2.75) is 161 Å². The molecule has 0 radical (unpaired) electrons. The Labute approximate surface area is 256 Å². The van der Waals surface area contributed by atoms with Crippen molar-refractivity contribution in [1.29, 1.82) is 0 Å². The third-order valence-corrected chi connectivity index (χ3v) is 7.43. The Morgan fingerprint density at radius 2 is 1.02 bits per heavy atom. The molecule has 0 aromatic rings. The molecule has 0 fully saturated rings. The second kappa shape index (κ2) is 29.6. The number of hydrogen-bond donors (Lipinski definition) is 2. The van der Waals surface area contributed by atoms with Crippen molar-refractivity contribution in [2.75, 3.05) is 13.2 Å². The van der Waals surface area contributed by atoms with Crippen LogP contribution in [0.2, 0.25) is 0 Å². The zero-order chi connectivity index (χ0) is 31.2. The van der Waals surface area contributed by atoms with E-state index in [2.05, 4.69) is 42.7 Å². The molecular formula is C33H61O8P. The molecule has 0 aliphatic carbocycles. The lowest BCUT2D eigenvalue weighted by atomic mass is 10.1. The highest BCUT2D eigenvalue weighted by atomic mass is 31.2. The van der Waals surface area contributed by atoms with Crippen LogP contribution in [0.25, 0.3) is 0 Å². The van der Waals surface area contributed by atoms with Crippen LogP contribution in [0.4, 0.5) is 0 Å². The van der Waals surface area contributed by atoms with Gasteiger partial charge in [0.05, 0.1) is 6.61 Å². The number of hydrogen-bond acceptors (Lipinski definition) is 6. The fourth-order valence-electron chi connectivity index (χ4n) is 4.41. The minimum absolute atomic E-state index is 0.200. The van der Waals surface area contributed by atoms with Gasteiger partial charge in [-0.2, -0.15) is 0 Å². The largest absolute Gasteiger partial charge is 0.469 e. The fraction of sp³-hybridized carbons (Fsp3) is 0.818. The summed E-state index contributed by atoms with van der Waals surface area (Å²) in [5.74, 6) is -0.908. The van der Waals surface area contributed by atoms with Crippen LogP contribution < -0.4 is 0 Å². The summed E-state index contributed by atoms with van der Waals surface area (Å²) >= 11 is 0. The SMILES string of the molecule is CCCC/C=C/CCCCCCCC(=O)O[C@H](COC(=O)CCCCCCC/C=C/CCCCCC)COP(=O)(O)O. The zero-order valence-electron chi connectivity index (χ0n) is 26.6. The summed E-state index contributed by atoms with van der Waals surface area (Å²) in [5, 5.41) is 0. The first-order valence-corrected chi connectivity index (χ1v) is 18.2. The average molecular weight is 617 g/mol. The molecule has 0 rings (SSSR count). The minimum atomic E-state index is -4.74. The topological polar surface area (TPSA) is 119 Å². The molecule has 9 heteroatoms. The number of carbonyl (C=O) groups is 2. The van der Waals surface area contributed by atoms with E-state index in [1.807, 2.05) is 0 Å². The molecule has 246 valence electrons. The lowest BCUT2D eigenvalue weighted by molar-refractivity contribution is -0.161. The first kappa shape index (κ1) is 40.5. The van der Waals surface area contributed by atoms with E-state index in [1.165, 1.54) is 44.9 Å². The monoisotopic (exact) mass is 616 g/mol. The lowest BCUT2D eigenvalue weighted by Gasteiger charge is -2.18. The number of phosphoric ester groups is 1. The number of phosphoric acid groups is 1. The van der Waals surface area contributed by atoms with Crippen molar-refractivity contribution in [2.24, 2.45) is 0 Å². The van der Waals surface area contributed by atoms with Crippen molar-refractivity contribution in [3.8, 4) is 0 Å². The molecule has 0 aliphatic heterocycles. The molecule has 0 aromatic heterocycles. The summed E-state index contributed by atoms with van der Waals surface area (Å²) in [7, 11) is -4.74. The second-order valence-electron chi connectivity index (χ2n) is 11.1. The maximum atomic E-state index is 12.3. The molecule has 0 saturated heterocycles. The van der Waals surface area contributed by atoms with Gasteiger partial charge < -0.3 is 19.3 Å². The molecule has 0 bridgehead atoms. The quantitative estimate of drug-likeness (QED) is 0.0355. The number of ether oxygens (including phenoxy) is 2. The Balaban J connectivity index is 4.04. The zero-order valence-corrected chi connectivity index (χ0v) is 27.5. The summed E-state index contributed by atoms with van der Waals surface area (Å²) < 4.78 is 26.2. The molecule has 42 heavy (non-hydrogen) atoms. The fourth-order valence-corrected chi connectivity index (χ4v) is 4.77. The van der Waals surface area contributed by atoms with Gasteiger partial charge in [0.25, 0.3) is 0 Å². The molecule has 1 atom stereocenters. The Kier molecular flexibility index (Phi) is 28.6. The molecule has 0 aliphatic rings. The Morgan fingerprint density at radius 1 is 0.595 bits per heavy atom. The van der Waals surface area contributed by atoms with Gasteiger partial charge in [0, 0.05) is 12.8 Å². The number of carbonyl (C=O) groups excluding carboxylic acids is 2. The summed E-state index contributed by atoms with van der Waals surface area (Å²) in [6, 6.07) is 0. The summed E-state index contributed by atoms with van der Waals surface area (Å²) in [4.78, 5) is 42.4. The molecule has 2 N–H and O–H groups in total. The Hall–Kier alpha value is -1.47. The van der Waals surface area contributed by atoms with E-state index in [0.29, 0.717) is 12.8 Å². The predicted octanol–water partition coefficient (Wildman–Crippen LogP) is 9.29. The van der Waals surface area contributed by atoms with Gasteiger partial charge in [0.1, 0.15) is 6.61 Å². The van der Waals surface area contributed by atoms with Crippen LogP contribution in [-0.2, 0) is 28.2 Å². The van der Waals surface area contributed by atoms with Gasteiger partial charge in [-0.1, -0.05) is 109 Å². The Bertz CT molecular complexity index is 746. The van der Waals surface area contributed by atoms with Crippen LogP contribution >= 0.6 is 7.82 Å². The van der Waals surface area contributed by atoms with E-state index in [9.17, 15) is 14.2 Å². The van der Waals surface area contributed by atoms with Gasteiger partial charge in [0.15, 0.2) is 6.10 Å². The number of allylic oxidation sites excluding steroid dienone is 4. The highest BCUT2D eigenvalue weighted by Gasteiger charge is 2.22. The van der Waals surface area contributed by atoms with Crippen molar-refractivity contribution in [3.05, 3.63) is 24.3 Å². The van der Waals surface area contributed by atoms with Crippen molar-refractivity contribution in [1.82, 2.24) is 0 Å².